The van der Waals surface area contributed by atoms with E-state index in [1.807, 2.05) is 24.3 Å². The molecule has 0 spiro atoms. The average Bonchev–Trinajstić information content (AvgIpc) is 2.76. The van der Waals surface area contributed by atoms with Crippen LogP contribution < -0.4 is 11.5 Å². The van der Waals surface area contributed by atoms with Gasteiger partial charge in [0.15, 0.2) is 5.96 Å². The molecule has 0 saturated heterocycles. The molecule has 2 aliphatic rings. The van der Waals surface area contributed by atoms with E-state index in [4.69, 9.17) is 20.6 Å². The number of benzene rings is 1. The highest BCUT2D eigenvalue weighted by molar-refractivity contribution is 8.06. The number of hydrogen-bond acceptors (Lipinski definition) is 6. The summed E-state index contributed by atoms with van der Waals surface area (Å²) in [4.78, 5) is 16.5. The second-order valence-electron chi connectivity index (χ2n) is 6.07. The molecule has 0 radical (unpaired) electrons. The van der Waals surface area contributed by atoms with E-state index in [2.05, 4.69) is 23.2 Å². The van der Waals surface area contributed by atoms with Gasteiger partial charge in [-0.25, -0.2) is 0 Å². The van der Waals surface area contributed by atoms with Crippen molar-refractivity contribution in [2.45, 2.75) is 0 Å². The standard InChI is InChI=1S/C16H13N3OS.2CH4O3S/c17-16(18)19-15(20)13-7-12-6-5-10-3-1-2-4-11(10)8-14(12)21-9-13;2*1-5(2,3)4/h1-9H,(H4,17,18,19,20);2*1H3,(H,2,3,4). The summed E-state index contributed by atoms with van der Waals surface area (Å²) in [6.45, 7) is 0. The van der Waals surface area contributed by atoms with E-state index in [1.165, 1.54) is 11.8 Å². The van der Waals surface area contributed by atoms with E-state index >= 15 is 0 Å². The van der Waals surface area contributed by atoms with Gasteiger partial charge in [-0.05, 0) is 34.3 Å². The number of carbonyl (C=O) groups is 1. The zero-order chi connectivity index (χ0) is 23.8. The van der Waals surface area contributed by atoms with Gasteiger partial charge < -0.3 is 11.5 Å². The first-order valence-corrected chi connectivity index (χ1v) is 12.8. The van der Waals surface area contributed by atoms with Gasteiger partial charge in [0.05, 0.1) is 12.5 Å². The van der Waals surface area contributed by atoms with Crippen LogP contribution in [0, 0.1) is 0 Å². The SMILES string of the molecule is CS(=O)(=O)O.CS(=O)(=O)O.NC(N)=NC(=O)C1=CSC2=Cc3ccccc3C=CC2=C1. The number of allylic oxidation sites excluding steroid dienone is 2. The van der Waals surface area contributed by atoms with E-state index < -0.39 is 26.1 Å². The van der Waals surface area contributed by atoms with Crippen molar-refractivity contribution in [3.63, 3.8) is 0 Å². The third-order valence-corrected chi connectivity index (χ3v) is 4.09. The highest BCUT2D eigenvalue weighted by Crippen LogP contribution is 2.37. The minimum absolute atomic E-state index is 0.227. The predicted molar refractivity (Wildman–Crippen MR) is 123 cm³/mol. The maximum absolute atomic E-state index is 11.9. The lowest BCUT2D eigenvalue weighted by atomic mass is 10.1. The summed E-state index contributed by atoms with van der Waals surface area (Å²) in [6, 6.07) is 8.14. The molecule has 3 rings (SSSR count). The topological polar surface area (TPSA) is 190 Å². The molecule has 13 heteroatoms. The van der Waals surface area contributed by atoms with Crippen molar-refractivity contribution in [2.75, 3.05) is 12.5 Å². The second kappa shape index (κ2) is 11.1. The molecular formula is C18H21N3O7S3. The molecule has 1 aromatic rings. The normalized spacial score (nSPS) is 14.4. The predicted octanol–water partition coefficient (Wildman–Crippen LogP) is 1.42. The lowest BCUT2D eigenvalue weighted by Crippen LogP contribution is -2.24. The summed E-state index contributed by atoms with van der Waals surface area (Å²) >= 11 is 1.50. The van der Waals surface area contributed by atoms with Crippen molar-refractivity contribution in [2.24, 2.45) is 16.5 Å². The number of fused-ring (bicyclic) bond motifs is 2. The number of nitrogens with two attached hydrogens (primary N) is 2. The summed E-state index contributed by atoms with van der Waals surface area (Å²) in [5, 5.41) is 1.77. The van der Waals surface area contributed by atoms with Gasteiger partial charge in [0.1, 0.15) is 0 Å². The molecule has 1 heterocycles. The van der Waals surface area contributed by atoms with Crippen molar-refractivity contribution >= 4 is 56.0 Å². The fraction of sp³-hybridized carbons (Fsp3) is 0.111. The van der Waals surface area contributed by atoms with Crippen molar-refractivity contribution < 1.29 is 30.7 Å². The smallest absolute Gasteiger partial charge is 0.280 e. The van der Waals surface area contributed by atoms with Gasteiger partial charge in [0.2, 0.25) is 0 Å². The van der Waals surface area contributed by atoms with Crippen LogP contribution >= 0.6 is 11.8 Å². The highest BCUT2D eigenvalue weighted by Gasteiger charge is 2.17. The van der Waals surface area contributed by atoms with Crippen LogP contribution in [0.3, 0.4) is 0 Å². The Kier molecular flexibility index (Phi) is 9.40. The van der Waals surface area contributed by atoms with Crippen LogP contribution in [0.1, 0.15) is 11.1 Å². The number of hydrogen-bond donors (Lipinski definition) is 4. The van der Waals surface area contributed by atoms with Gasteiger partial charge in [-0.1, -0.05) is 48.2 Å². The number of guanidine groups is 1. The first-order chi connectivity index (χ1) is 14.1. The molecule has 0 aromatic heterocycles. The van der Waals surface area contributed by atoms with E-state index in [0.717, 1.165) is 21.6 Å². The van der Waals surface area contributed by atoms with Crippen molar-refractivity contribution in [3.8, 4) is 0 Å². The van der Waals surface area contributed by atoms with E-state index in [0.29, 0.717) is 18.1 Å². The summed E-state index contributed by atoms with van der Waals surface area (Å²) in [7, 11) is -7.33. The lowest BCUT2D eigenvalue weighted by molar-refractivity contribution is -0.114. The van der Waals surface area contributed by atoms with Gasteiger partial charge in [0, 0.05) is 10.5 Å². The van der Waals surface area contributed by atoms with Crippen LogP contribution in [0.5, 0.6) is 0 Å². The molecule has 10 nitrogen and oxygen atoms in total. The van der Waals surface area contributed by atoms with E-state index in [1.54, 1.807) is 11.5 Å². The molecule has 1 aliphatic carbocycles. The zero-order valence-electron chi connectivity index (χ0n) is 16.5. The molecular weight excluding hydrogens is 466 g/mol. The number of thioether (sulfide) groups is 1. The van der Waals surface area contributed by atoms with Crippen LogP contribution in [0.2, 0.25) is 0 Å². The molecule has 31 heavy (non-hydrogen) atoms. The number of nitrogens with zero attached hydrogens (tertiary/aromatic N) is 1. The molecule has 0 atom stereocenters. The fourth-order valence-corrected chi connectivity index (χ4v) is 3.01. The van der Waals surface area contributed by atoms with Crippen molar-refractivity contribution in [1.82, 2.24) is 0 Å². The van der Waals surface area contributed by atoms with Crippen LogP contribution in [0.25, 0.3) is 12.2 Å². The Bertz CT molecular complexity index is 1160. The maximum Gasteiger partial charge on any atom is 0.280 e. The Hall–Kier alpha value is -2.71. The number of rotatable bonds is 1. The molecule has 1 aliphatic heterocycles. The Balaban J connectivity index is 0.000000404. The second-order valence-corrected chi connectivity index (χ2v) is 9.91. The van der Waals surface area contributed by atoms with Crippen molar-refractivity contribution in [3.05, 3.63) is 69.0 Å². The molecule has 6 N–H and O–H groups in total. The van der Waals surface area contributed by atoms with Crippen LogP contribution in [-0.4, -0.2) is 50.3 Å². The minimum atomic E-state index is -3.67. The monoisotopic (exact) mass is 487 g/mol. The summed E-state index contributed by atoms with van der Waals surface area (Å²) < 4.78 is 51.7. The Morgan fingerprint density at radius 2 is 1.45 bits per heavy atom. The number of amides is 1. The molecule has 168 valence electrons. The number of aliphatic imine (C=N–C) groups is 1. The minimum Gasteiger partial charge on any atom is -0.370 e. The molecule has 1 amide bonds. The third kappa shape index (κ3) is 11.9. The molecule has 0 fully saturated rings. The third-order valence-electron chi connectivity index (χ3n) is 3.11. The van der Waals surface area contributed by atoms with Crippen LogP contribution in [0.4, 0.5) is 0 Å². The Morgan fingerprint density at radius 3 is 1.97 bits per heavy atom. The molecule has 0 saturated carbocycles. The van der Waals surface area contributed by atoms with Gasteiger partial charge in [-0.15, -0.1) is 0 Å². The Morgan fingerprint density at radius 1 is 0.935 bits per heavy atom. The quantitative estimate of drug-likeness (QED) is 0.256. The van der Waals surface area contributed by atoms with Crippen LogP contribution in [0.15, 0.2) is 62.9 Å². The largest absolute Gasteiger partial charge is 0.370 e. The van der Waals surface area contributed by atoms with Crippen LogP contribution in [-0.2, 0) is 25.0 Å². The first kappa shape index (κ1) is 26.3. The number of carbonyl (C=O) groups excluding carboxylic acids is 1. The first-order valence-electron chi connectivity index (χ1n) is 8.20. The fourth-order valence-electron chi connectivity index (χ4n) is 2.12. The highest BCUT2D eigenvalue weighted by atomic mass is 32.2. The summed E-state index contributed by atoms with van der Waals surface area (Å²) in [6.07, 6.45) is 9.39. The van der Waals surface area contributed by atoms with Gasteiger partial charge in [0.25, 0.3) is 26.1 Å². The summed E-state index contributed by atoms with van der Waals surface area (Å²) in [5.41, 5.74) is 14.3. The zero-order valence-corrected chi connectivity index (χ0v) is 18.9. The maximum atomic E-state index is 11.9. The molecule has 1 aromatic carbocycles. The van der Waals surface area contributed by atoms with Gasteiger partial charge in [-0.2, -0.15) is 21.8 Å². The van der Waals surface area contributed by atoms with Gasteiger partial charge >= 0.3 is 0 Å². The average molecular weight is 488 g/mol. The van der Waals surface area contributed by atoms with E-state index in [-0.39, 0.29) is 5.96 Å². The Labute approximate surface area is 184 Å². The molecule has 0 unspecified atom stereocenters. The lowest BCUT2D eigenvalue weighted by Gasteiger charge is -2.11. The van der Waals surface area contributed by atoms with Gasteiger partial charge in [-0.3, -0.25) is 13.9 Å². The van der Waals surface area contributed by atoms with E-state index in [9.17, 15) is 21.6 Å². The summed E-state index contributed by atoms with van der Waals surface area (Å²) in [5.74, 6) is -0.654. The molecule has 0 bridgehead atoms. The van der Waals surface area contributed by atoms with Crippen molar-refractivity contribution in [1.29, 1.82) is 0 Å².